The van der Waals surface area contributed by atoms with Gasteiger partial charge in [0.2, 0.25) is 0 Å². The van der Waals surface area contributed by atoms with Crippen LogP contribution in [0.1, 0.15) is 40.0 Å². The zero-order chi connectivity index (χ0) is 8.48. The van der Waals surface area contributed by atoms with Gasteiger partial charge in [-0.3, -0.25) is 0 Å². The predicted molar refractivity (Wildman–Crippen MR) is 49.7 cm³/mol. The normalized spacial score (nSPS) is 21.3. The van der Waals surface area contributed by atoms with Crippen molar-refractivity contribution in [1.82, 2.24) is 4.90 Å². The van der Waals surface area contributed by atoms with Crippen LogP contribution in [-0.4, -0.2) is 24.0 Å². The van der Waals surface area contributed by atoms with Crippen LogP contribution in [0.4, 0.5) is 0 Å². The van der Waals surface area contributed by atoms with Gasteiger partial charge in [0.1, 0.15) is 0 Å². The Kier molecular flexibility index (Phi) is 2.58. The molecule has 1 heteroatoms. The molecular weight excluding hydrogens is 134 g/mol. The Balaban J connectivity index is 2.16. The predicted octanol–water partition coefficient (Wildman–Crippen LogP) is 2.52. The average Bonchev–Trinajstić information content (AvgIpc) is 2.64. The van der Waals surface area contributed by atoms with Crippen molar-refractivity contribution >= 4 is 0 Å². The number of hydrogen-bond acceptors (Lipinski definition) is 1. The smallest absolute Gasteiger partial charge is 0.0179 e. The molecule has 0 N–H and O–H groups in total. The van der Waals surface area contributed by atoms with Crippen LogP contribution in [-0.2, 0) is 0 Å². The van der Waals surface area contributed by atoms with Crippen molar-refractivity contribution in [3.8, 4) is 0 Å². The van der Waals surface area contributed by atoms with Gasteiger partial charge in [0.05, 0.1) is 0 Å². The highest BCUT2D eigenvalue weighted by Gasteiger charge is 2.40. The van der Waals surface area contributed by atoms with Crippen LogP contribution in [0.25, 0.3) is 0 Å². The first-order valence-corrected chi connectivity index (χ1v) is 4.76. The van der Waals surface area contributed by atoms with Gasteiger partial charge in [0.25, 0.3) is 0 Å². The molecule has 0 bridgehead atoms. The fourth-order valence-corrected chi connectivity index (χ4v) is 1.28. The first-order valence-electron chi connectivity index (χ1n) is 4.76. The molecule has 0 spiro atoms. The van der Waals surface area contributed by atoms with E-state index in [1.54, 1.807) is 0 Å². The Labute approximate surface area is 70.8 Å². The third-order valence-corrected chi connectivity index (χ3v) is 2.94. The van der Waals surface area contributed by atoms with Gasteiger partial charge >= 0.3 is 0 Å². The lowest BCUT2D eigenvalue weighted by atomic mass is 10.1. The first-order chi connectivity index (χ1) is 5.04. The molecule has 0 heterocycles. The minimum absolute atomic E-state index is 0.578. The molecule has 0 radical (unpaired) electrons. The van der Waals surface area contributed by atoms with Gasteiger partial charge < -0.3 is 4.90 Å². The van der Waals surface area contributed by atoms with E-state index in [0.717, 1.165) is 5.92 Å². The molecule has 0 atom stereocenters. The second kappa shape index (κ2) is 3.14. The highest BCUT2D eigenvalue weighted by atomic mass is 15.2. The number of nitrogens with zero attached hydrogens (tertiary/aromatic N) is 1. The summed E-state index contributed by atoms with van der Waals surface area (Å²) < 4.78 is 0. The average molecular weight is 155 g/mol. The summed E-state index contributed by atoms with van der Waals surface area (Å²) >= 11 is 0. The molecule has 1 aliphatic carbocycles. The van der Waals surface area contributed by atoms with Crippen molar-refractivity contribution in [2.24, 2.45) is 5.92 Å². The van der Waals surface area contributed by atoms with Crippen molar-refractivity contribution in [3.05, 3.63) is 0 Å². The Bertz CT molecular complexity index is 125. The molecule has 0 aromatic carbocycles. The van der Waals surface area contributed by atoms with Gasteiger partial charge in [0, 0.05) is 5.54 Å². The first kappa shape index (κ1) is 9.05. The van der Waals surface area contributed by atoms with E-state index in [1.807, 2.05) is 0 Å². The minimum Gasteiger partial charge on any atom is -0.301 e. The summed E-state index contributed by atoms with van der Waals surface area (Å²) in [6.45, 7) is 8.23. The van der Waals surface area contributed by atoms with Crippen LogP contribution in [0.15, 0.2) is 0 Å². The molecular formula is C10H21N. The molecule has 0 aliphatic heterocycles. The van der Waals surface area contributed by atoms with E-state index in [0.29, 0.717) is 5.54 Å². The van der Waals surface area contributed by atoms with Crippen molar-refractivity contribution < 1.29 is 0 Å². The largest absolute Gasteiger partial charge is 0.301 e. The maximum absolute atomic E-state index is 2.52. The standard InChI is InChI=1S/C10H21N/c1-9(2)5-8-11(4)10(3)6-7-10/h9H,5-8H2,1-4H3. The van der Waals surface area contributed by atoms with Crippen LogP contribution in [0, 0.1) is 5.92 Å². The fraction of sp³-hybridized carbons (Fsp3) is 1.00. The van der Waals surface area contributed by atoms with Crippen molar-refractivity contribution in [2.75, 3.05) is 13.6 Å². The van der Waals surface area contributed by atoms with Crippen molar-refractivity contribution in [1.29, 1.82) is 0 Å². The Morgan fingerprint density at radius 3 is 2.27 bits per heavy atom. The molecule has 0 aromatic heterocycles. The molecule has 1 fully saturated rings. The summed E-state index contributed by atoms with van der Waals surface area (Å²) in [7, 11) is 2.26. The third-order valence-electron chi connectivity index (χ3n) is 2.94. The zero-order valence-corrected chi connectivity index (χ0v) is 8.35. The minimum atomic E-state index is 0.578. The monoisotopic (exact) mass is 155 g/mol. The van der Waals surface area contributed by atoms with E-state index < -0.39 is 0 Å². The maximum atomic E-state index is 2.52. The summed E-state index contributed by atoms with van der Waals surface area (Å²) in [5.41, 5.74) is 0.578. The van der Waals surface area contributed by atoms with E-state index >= 15 is 0 Å². The van der Waals surface area contributed by atoms with Crippen LogP contribution in [0.2, 0.25) is 0 Å². The molecule has 11 heavy (non-hydrogen) atoms. The Morgan fingerprint density at radius 1 is 1.36 bits per heavy atom. The fourth-order valence-electron chi connectivity index (χ4n) is 1.28. The second-order valence-electron chi connectivity index (χ2n) is 4.60. The zero-order valence-electron chi connectivity index (χ0n) is 8.35. The second-order valence-corrected chi connectivity index (χ2v) is 4.60. The summed E-state index contributed by atoms with van der Waals surface area (Å²) in [4.78, 5) is 2.52. The van der Waals surface area contributed by atoms with Gasteiger partial charge in [-0.15, -0.1) is 0 Å². The maximum Gasteiger partial charge on any atom is 0.0179 e. The van der Waals surface area contributed by atoms with Crippen molar-refractivity contribution in [2.45, 2.75) is 45.6 Å². The van der Waals surface area contributed by atoms with E-state index in [4.69, 9.17) is 0 Å². The highest BCUT2D eigenvalue weighted by molar-refractivity contribution is 4.98. The van der Waals surface area contributed by atoms with Crippen LogP contribution < -0.4 is 0 Å². The highest BCUT2D eigenvalue weighted by Crippen LogP contribution is 2.40. The van der Waals surface area contributed by atoms with E-state index in [2.05, 4.69) is 32.7 Å². The lowest BCUT2D eigenvalue weighted by Crippen LogP contribution is -2.32. The molecule has 1 aliphatic rings. The molecule has 1 nitrogen and oxygen atoms in total. The molecule has 0 unspecified atom stereocenters. The SMILES string of the molecule is CC(C)CCN(C)C1(C)CC1. The van der Waals surface area contributed by atoms with Gasteiger partial charge in [-0.1, -0.05) is 13.8 Å². The van der Waals surface area contributed by atoms with E-state index in [1.165, 1.54) is 25.8 Å². The lowest BCUT2D eigenvalue weighted by Gasteiger charge is -2.24. The van der Waals surface area contributed by atoms with Gasteiger partial charge in [-0.25, -0.2) is 0 Å². The third kappa shape index (κ3) is 2.48. The van der Waals surface area contributed by atoms with Crippen LogP contribution in [0.5, 0.6) is 0 Å². The van der Waals surface area contributed by atoms with Crippen LogP contribution in [0.3, 0.4) is 0 Å². The topological polar surface area (TPSA) is 3.24 Å². The van der Waals surface area contributed by atoms with Gasteiger partial charge in [0.15, 0.2) is 0 Å². The summed E-state index contributed by atoms with van der Waals surface area (Å²) in [6, 6.07) is 0. The van der Waals surface area contributed by atoms with E-state index in [-0.39, 0.29) is 0 Å². The van der Waals surface area contributed by atoms with E-state index in [9.17, 15) is 0 Å². The lowest BCUT2D eigenvalue weighted by molar-refractivity contribution is 0.225. The summed E-state index contributed by atoms with van der Waals surface area (Å²) in [5, 5.41) is 0. The Morgan fingerprint density at radius 2 is 1.91 bits per heavy atom. The quantitative estimate of drug-likeness (QED) is 0.603. The molecule has 66 valence electrons. The van der Waals surface area contributed by atoms with Crippen molar-refractivity contribution in [3.63, 3.8) is 0 Å². The summed E-state index contributed by atoms with van der Waals surface area (Å²) in [5.74, 6) is 0.847. The molecule has 1 rings (SSSR count). The molecule has 0 saturated heterocycles. The number of rotatable bonds is 4. The van der Waals surface area contributed by atoms with Crippen LogP contribution >= 0.6 is 0 Å². The van der Waals surface area contributed by atoms with Gasteiger partial charge in [-0.05, 0) is 45.7 Å². The Hall–Kier alpha value is -0.0400. The summed E-state index contributed by atoms with van der Waals surface area (Å²) in [6.07, 6.45) is 4.15. The number of hydrogen-bond donors (Lipinski definition) is 0. The van der Waals surface area contributed by atoms with Gasteiger partial charge in [-0.2, -0.15) is 0 Å². The molecule has 1 saturated carbocycles. The molecule has 0 aromatic rings. The molecule has 0 amide bonds.